The van der Waals surface area contributed by atoms with Crippen LogP contribution in [-0.2, 0) is 4.74 Å². The van der Waals surface area contributed by atoms with Gasteiger partial charge < -0.3 is 14.5 Å². The van der Waals surface area contributed by atoms with Gasteiger partial charge in [-0.15, -0.1) is 0 Å². The molecule has 3 aromatic rings. The fraction of sp³-hybridized carbons (Fsp3) is 0.333. The number of fused-ring (bicyclic) bond motifs is 1. The first-order chi connectivity index (χ1) is 14.0. The van der Waals surface area contributed by atoms with Gasteiger partial charge in [0, 0.05) is 19.5 Å². The fourth-order valence-electron chi connectivity index (χ4n) is 4.12. The van der Waals surface area contributed by atoms with E-state index in [0.717, 1.165) is 22.3 Å². The Balaban J connectivity index is 1.76. The van der Waals surface area contributed by atoms with E-state index in [1.165, 1.54) is 0 Å². The Morgan fingerprint density at radius 2 is 1.76 bits per heavy atom. The van der Waals surface area contributed by atoms with Crippen molar-refractivity contribution in [3.05, 3.63) is 71.8 Å². The van der Waals surface area contributed by atoms with Crippen LogP contribution in [0.2, 0.25) is 0 Å². The Kier molecular flexibility index (Phi) is 5.24. The van der Waals surface area contributed by atoms with Crippen molar-refractivity contribution in [3.63, 3.8) is 0 Å². The zero-order chi connectivity index (χ0) is 20.5. The van der Waals surface area contributed by atoms with Crippen LogP contribution >= 0.6 is 0 Å². The van der Waals surface area contributed by atoms with Crippen LogP contribution in [0.25, 0.3) is 10.9 Å². The smallest absolute Gasteiger partial charge is 0.255 e. The number of morpholine rings is 1. The number of ether oxygens (including phenoxy) is 1. The molecule has 1 aliphatic heterocycles. The van der Waals surface area contributed by atoms with Gasteiger partial charge in [-0.3, -0.25) is 4.79 Å². The van der Waals surface area contributed by atoms with Gasteiger partial charge in [-0.25, -0.2) is 4.98 Å². The molecule has 0 radical (unpaired) electrons. The Bertz CT molecular complexity index is 1020. The number of amides is 1. The van der Waals surface area contributed by atoms with Gasteiger partial charge >= 0.3 is 0 Å². The van der Waals surface area contributed by atoms with Crippen LogP contribution < -0.4 is 4.90 Å². The van der Waals surface area contributed by atoms with Gasteiger partial charge in [0.1, 0.15) is 11.9 Å². The van der Waals surface area contributed by atoms with E-state index >= 15 is 0 Å². The summed E-state index contributed by atoms with van der Waals surface area (Å²) in [5.74, 6) is 0.802. The van der Waals surface area contributed by atoms with Crippen molar-refractivity contribution in [3.8, 4) is 0 Å². The van der Waals surface area contributed by atoms with Crippen LogP contribution in [0.5, 0.6) is 0 Å². The summed E-state index contributed by atoms with van der Waals surface area (Å²) in [4.78, 5) is 22.4. The molecule has 0 bridgehead atoms. The maximum absolute atomic E-state index is 13.8. The molecule has 2 heterocycles. The van der Waals surface area contributed by atoms with Gasteiger partial charge in [-0.05, 0) is 31.5 Å². The zero-order valence-corrected chi connectivity index (χ0v) is 17.4. The summed E-state index contributed by atoms with van der Waals surface area (Å²) in [6.45, 7) is 4.63. The van der Waals surface area contributed by atoms with E-state index in [9.17, 15) is 4.79 Å². The van der Waals surface area contributed by atoms with Gasteiger partial charge in [-0.1, -0.05) is 48.5 Å². The third kappa shape index (κ3) is 3.58. The largest absolute Gasteiger partial charge is 0.369 e. The molecule has 1 saturated heterocycles. The SMILES string of the molecule is C[C@@H]1CO[C@@H](c2ccccc2)[C@H](C)N1C(=O)c1cc(N(C)C)nc2ccccc12. The van der Waals surface area contributed by atoms with Gasteiger partial charge in [0.25, 0.3) is 5.91 Å². The standard InChI is InChI=1S/C24H27N3O2/c1-16-15-29-23(18-10-6-5-7-11-18)17(2)27(16)24(28)20-14-22(26(3)4)25-21-13-9-8-12-19(20)21/h5-14,16-17,23H,15H2,1-4H3/t16-,17+,23-/m1/s1. The Labute approximate surface area is 171 Å². The van der Waals surface area contributed by atoms with Crippen LogP contribution in [0.4, 0.5) is 5.82 Å². The lowest BCUT2D eigenvalue weighted by Crippen LogP contribution is -2.53. The second-order valence-corrected chi connectivity index (χ2v) is 7.91. The minimum atomic E-state index is -0.141. The van der Waals surface area contributed by atoms with Gasteiger partial charge in [0.15, 0.2) is 0 Å². The highest BCUT2D eigenvalue weighted by Gasteiger charge is 2.38. The van der Waals surface area contributed by atoms with Crippen LogP contribution in [0, 0.1) is 0 Å². The summed E-state index contributed by atoms with van der Waals surface area (Å²) in [5.41, 5.74) is 2.61. The molecule has 3 atom stereocenters. The molecule has 0 saturated carbocycles. The number of aromatic nitrogens is 1. The zero-order valence-electron chi connectivity index (χ0n) is 17.4. The minimum absolute atomic E-state index is 0.00723. The molecule has 1 amide bonds. The molecule has 1 fully saturated rings. The van der Waals surface area contributed by atoms with Crippen molar-refractivity contribution < 1.29 is 9.53 Å². The van der Waals surface area contributed by atoms with Crippen molar-refractivity contribution in [2.75, 3.05) is 25.6 Å². The van der Waals surface area contributed by atoms with Crippen LogP contribution in [0.15, 0.2) is 60.7 Å². The third-order valence-electron chi connectivity index (χ3n) is 5.62. The van der Waals surface area contributed by atoms with Crippen LogP contribution in [-0.4, -0.2) is 48.6 Å². The summed E-state index contributed by atoms with van der Waals surface area (Å²) in [5, 5.41) is 0.880. The van der Waals surface area contributed by atoms with E-state index in [-0.39, 0.29) is 24.1 Å². The number of pyridine rings is 1. The number of hydrogen-bond acceptors (Lipinski definition) is 4. The summed E-state index contributed by atoms with van der Waals surface area (Å²) in [7, 11) is 3.88. The lowest BCUT2D eigenvalue weighted by molar-refractivity contribution is -0.0805. The fourth-order valence-corrected chi connectivity index (χ4v) is 4.12. The number of carbonyl (C=O) groups excluding carboxylic acids is 1. The summed E-state index contributed by atoms with van der Waals surface area (Å²) in [6.07, 6.45) is -0.141. The number of benzene rings is 2. The molecular formula is C24H27N3O2. The molecule has 150 valence electrons. The van der Waals surface area contributed by atoms with E-state index in [2.05, 4.69) is 19.1 Å². The molecule has 5 heteroatoms. The summed E-state index contributed by atoms with van der Waals surface area (Å²) in [6, 6.07) is 19.8. The minimum Gasteiger partial charge on any atom is -0.369 e. The number of anilines is 1. The average Bonchev–Trinajstić information content (AvgIpc) is 2.73. The second kappa shape index (κ2) is 7.84. The molecule has 0 aliphatic carbocycles. The Morgan fingerprint density at radius 3 is 2.48 bits per heavy atom. The molecule has 0 unspecified atom stereocenters. The quantitative estimate of drug-likeness (QED) is 0.670. The van der Waals surface area contributed by atoms with Gasteiger partial charge in [0.2, 0.25) is 0 Å². The van der Waals surface area contributed by atoms with E-state index < -0.39 is 0 Å². The molecule has 0 spiro atoms. The second-order valence-electron chi connectivity index (χ2n) is 7.91. The summed E-state index contributed by atoms with van der Waals surface area (Å²) >= 11 is 0. The van der Waals surface area contributed by atoms with Crippen LogP contribution in [0.3, 0.4) is 0 Å². The molecule has 0 N–H and O–H groups in total. The lowest BCUT2D eigenvalue weighted by Gasteiger charge is -2.44. The number of hydrogen-bond donors (Lipinski definition) is 0. The van der Waals surface area contributed by atoms with Crippen molar-refractivity contribution in [2.24, 2.45) is 0 Å². The highest BCUT2D eigenvalue weighted by molar-refractivity contribution is 6.07. The number of nitrogens with zero attached hydrogens (tertiary/aromatic N) is 3. The molecule has 4 rings (SSSR count). The van der Waals surface area contributed by atoms with E-state index in [1.807, 2.05) is 79.3 Å². The van der Waals surface area contributed by atoms with Crippen molar-refractivity contribution in [1.82, 2.24) is 9.88 Å². The van der Waals surface area contributed by atoms with E-state index in [4.69, 9.17) is 9.72 Å². The topological polar surface area (TPSA) is 45.7 Å². The Hall–Kier alpha value is -2.92. The predicted octanol–water partition coefficient (Wildman–Crippen LogP) is 4.29. The molecule has 29 heavy (non-hydrogen) atoms. The number of para-hydroxylation sites is 1. The highest BCUT2D eigenvalue weighted by Crippen LogP contribution is 2.33. The lowest BCUT2D eigenvalue weighted by atomic mass is 9.97. The van der Waals surface area contributed by atoms with Crippen molar-refractivity contribution in [1.29, 1.82) is 0 Å². The molecule has 2 aromatic carbocycles. The van der Waals surface area contributed by atoms with Crippen LogP contribution in [0.1, 0.15) is 35.9 Å². The molecule has 1 aromatic heterocycles. The third-order valence-corrected chi connectivity index (χ3v) is 5.62. The average molecular weight is 389 g/mol. The predicted molar refractivity (Wildman–Crippen MR) is 116 cm³/mol. The first-order valence-corrected chi connectivity index (χ1v) is 10.0. The van der Waals surface area contributed by atoms with Gasteiger partial charge in [-0.2, -0.15) is 0 Å². The monoisotopic (exact) mass is 389 g/mol. The summed E-state index contributed by atoms with van der Waals surface area (Å²) < 4.78 is 6.14. The number of rotatable bonds is 3. The maximum atomic E-state index is 13.8. The normalized spacial score (nSPS) is 21.9. The maximum Gasteiger partial charge on any atom is 0.255 e. The van der Waals surface area contributed by atoms with E-state index in [0.29, 0.717) is 12.2 Å². The highest BCUT2D eigenvalue weighted by atomic mass is 16.5. The number of carbonyl (C=O) groups is 1. The first kappa shape index (κ1) is 19.4. The molecule has 5 nitrogen and oxygen atoms in total. The first-order valence-electron chi connectivity index (χ1n) is 10.0. The molecule has 1 aliphatic rings. The van der Waals surface area contributed by atoms with Crippen molar-refractivity contribution >= 4 is 22.6 Å². The van der Waals surface area contributed by atoms with Crippen molar-refractivity contribution in [2.45, 2.75) is 32.0 Å². The molecular weight excluding hydrogens is 362 g/mol. The van der Waals surface area contributed by atoms with Gasteiger partial charge in [0.05, 0.1) is 29.8 Å². The van der Waals surface area contributed by atoms with E-state index in [1.54, 1.807) is 0 Å². The Morgan fingerprint density at radius 1 is 1.07 bits per heavy atom.